The summed E-state index contributed by atoms with van der Waals surface area (Å²) >= 11 is 2.99. The normalized spacial score (nSPS) is 40.2. The molecule has 0 aromatic carbocycles. The van der Waals surface area contributed by atoms with Crippen molar-refractivity contribution < 1.29 is 30.0 Å². The maximum Gasteiger partial charge on any atom is 0.237 e. The molecule has 2 aliphatic rings. The average Bonchev–Trinajstić information content (AvgIpc) is 3.07. The number of rotatable bonds is 7. The van der Waals surface area contributed by atoms with E-state index in [0.29, 0.717) is 11.7 Å². The maximum absolute atomic E-state index is 12.6. The molecular formula is C16H30N2O6S2. The van der Waals surface area contributed by atoms with Gasteiger partial charge in [-0.1, -0.05) is 6.92 Å². The van der Waals surface area contributed by atoms with Crippen LogP contribution in [0.5, 0.6) is 0 Å². The van der Waals surface area contributed by atoms with Gasteiger partial charge in [0.1, 0.15) is 29.9 Å². The molecule has 1 amide bonds. The Morgan fingerprint density at radius 2 is 2.00 bits per heavy atom. The Hall–Kier alpha value is -0.0700. The fourth-order valence-corrected chi connectivity index (χ4v) is 5.07. The van der Waals surface area contributed by atoms with Crippen LogP contribution < -0.4 is 10.6 Å². The molecule has 9 atom stereocenters. The van der Waals surface area contributed by atoms with Gasteiger partial charge in [-0.15, -0.1) is 11.8 Å². The van der Waals surface area contributed by atoms with Crippen molar-refractivity contribution in [3.63, 3.8) is 0 Å². The van der Waals surface area contributed by atoms with Crippen molar-refractivity contribution in [2.24, 2.45) is 0 Å². The zero-order valence-corrected chi connectivity index (χ0v) is 16.9. The summed E-state index contributed by atoms with van der Waals surface area (Å²) in [6, 6.07) is -1.28. The number of ether oxygens (including phenoxy) is 1. The molecule has 2 aliphatic heterocycles. The molecule has 0 aromatic rings. The van der Waals surface area contributed by atoms with Crippen molar-refractivity contribution in [3.05, 3.63) is 0 Å². The lowest BCUT2D eigenvalue weighted by atomic mass is 9.92. The van der Waals surface area contributed by atoms with Gasteiger partial charge in [0, 0.05) is 11.8 Å². The minimum absolute atomic E-state index is 0.271. The van der Waals surface area contributed by atoms with E-state index in [-0.39, 0.29) is 11.9 Å². The number of carbonyl (C=O) groups is 1. The largest absolute Gasteiger partial charge is 0.391 e. The minimum atomic E-state index is -1.42. The van der Waals surface area contributed by atoms with Gasteiger partial charge in [-0.25, -0.2) is 0 Å². The Bertz CT molecular complexity index is 470. The molecule has 10 heteroatoms. The molecule has 0 radical (unpaired) electrons. The predicted octanol–water partition coefficient (Wildman–Crippen LogP) is -1.49. The lowest BCUT2D eigenvalue weighted by Crippen LogP contribution is -2.65. The lowest BCUT2D eigenvalue weighted by molar-refractivity contribution is -0.211. The Balaban J connectivity index is 2.05. The molecule has 0 bridgehead atoms. The molecule has 2 rings (SSSR count). The van der Waals surface area contributed by atoms with Crippen molar-refractivity contribution >= 4 is 29.4 Å². The number of hydrogen-bond acceptors (Lipinski definition) is 9. The Kier molecular flexibility index (Phi) is 8.48. The lowest BCUT2D eigenvalue weighted by Gasteiger charge is -2.44. The molecule has 152 valence electrons. The SMILES string of the molecule is CCS[C@@H]1CN[C@H](C(=O)N[C@H](C(C)O)[C@H]2O[C@H](SC)[C@H](O)[C@@H](O)[C@H]2O)C1. The quantitative estimate of drug-likeness (QED) is 0.297. The van der Waals surface area contributed by atoms with Crippen LogP contribution in [-0.4, -0.2) is 98.2 Å². The van der Waals surface area contributed by atoms with E-state index in [1.165, 1.54) is 18.7 Å². The highest BCUT2D eigenvalue weighted by molar-refractivity contribution is 7.99. The number of aliphatic hydroxyl groups is 4. The van der Waals surface area contributed by atoms with E-state index in [1.54, 1.807) is 18.0 Å². The molecule has 2 heterocycles. The molecule has 2 fully saturated rings. The highest BCUT2D eigenvalue weighted by atomic mass is 32.2. The zero-order chi connectivity index (χ0) is 19.4. The first-order chi connectivity index (χ1) is 12.3. The molecule has 8 nitrogen and oxygen atoms in total. The fourth-order valence-electron chi connectivity index (χ4n) is 3.37. The van der Waals surface area contributed by atoms with Crippen LogP contribution in [0.2, 0.25) is 0 Å². The van der Waals surface area contributed by atoms with Crippen LogP contribution in [-0.2, 0) is 9.53 Å². The molecule has 0 aromatic heterocycles. The number of aliphatic hydroxyl groups excluding tert-OH is 4. The van der Waals surface area contributed by atoms with Crippen LogP contribution in [0, 0.1) is 0 Å². The highest BCUT2D eigenvalue weighted by Crippen LogP contribution is 2.29. The van der Waals surface area contributed by atoms with Gasteiger partial charge in [0.2, 0.25) is 5.91 Å². The van der Waals surface area contributed by atoms with Gasteiger partial charge in [-0.2, -0.15) is 11.8 Å². The van der Waals surface area contributed by atoms with Crippen LogP contribution in [0.4, 0.5) is 0 Å². The van der Waals surface area contributed by atoms with Crippen molar-refractivity contribution in [1.29, 1.82) is 0 Å². The monoisotopic (exact) mass is 410 g/mol. The summed E-state index contributed by atoms with van der Waals surface area (Å²) < 4.78 is 5.68. The van der Waals surface area contributed by atoms with E-state index in [0.717, 1.165) is 12.3 Å². The first-order valence-corrected chi connectivity index (χ1v) is 11.2. The van der Waals surface area contributed by atoms with Crippen molar-refractivity contribution in [3.8, 4) is 0 Å². The Morgan fingerprint density at radius 1 is 1.31 bits per heavy atom. The van der Waals surface area contributed by atoms with E-state index in [1.807, 2.05) is 0 Å². The van der Waals surface area contributed by atoms with Gasteiger partial charge in [-0.3, -0.25) is 4.79 Å². The van der Waals surface area contributed by atoms with E-state index in [2.05, 4.69) is 17.6 Å². The second-order valence-electron chi connectivity index (χ2n) is 6.73. The first kappa shape index (κ1) is 22.2. The number of nitrogens with one attached hydrogen (secondary N) is 2. The molecule has 26 heavy (non-hydrogen) atoms. The topological polar surface area (TPSA) is 131 Å². The number of carbonyl (C=O) groups excluding carboxylic acids is 1. The summed E-state index contributed by atoms with van der Waals surface area (Å²) in [5, 5.41) is 46.8. The molecule has 0 spiro atoms. The van der Waals surface area contributed by atoms with Gasteiger partial charge in [0.25, 0.3) is 0 Å². The fraction of sp³-hybridized carbons (Fsp3) is 0.938. The average molecular weight is 411 g/mol. The molecular weight excluding hydrogens is 380 g/mol. The van der Waals surface area contributed by atoms with Crippen molar-refractivity contribution in [2.75, 3.05) is 18.6 Å². The van der Waals surface area contributed by atoms with E-state index >= 15 is 0 Å². The van der Waals surface area contributed by atoms with Gasteiger partial charge in [0.05, 0.1) is 18.2 Å². The van der Waals surface area contributed by atoms with E-state index < -0.39 is 42.0 Å². The predicted molar refractivity (Wildman–Crippen MR) is 102 cm³/mol. The van der Waals surface area contributed by atoms with Crippen LogP contribution in [0.15, 0.2) is 0 Å². The number of thioether (sulfide) groups is 2. The van der Waals surface area contributed by atoms with Gasteiger partial charge in [-0.05, 0) is 25.4 Å². The Labute approximate surface area is 162 Å². The molecule has 0 aliphatic carbocycles. The third-order valence-corrected chi connectivity index (χ3v) is 6.85. The van der Waals surface area contributed by atoms with Gasteiger partial charge < -0.3 is 35.8 Å². The van der Waals surface area contributed by atoms with Crippen LogP contribution in [0.3, 0.4) is 0 Å². The zero-order valence-electron chi connectivity index (χ0n) is 15.2. The van der Waals surface area contributed by atoms with Gasteiger partial charge >= 0.3 is 0 Å². The number of amides is 1. The number of hydrogen-bond donors (Lipinski definition) is 6. The van der Waals surface area contributed by atoms with Crippen molar-refractivity contribution in [1.82, 2.24) is 10.6 Å². The molecule has 1 unspecified atom stereocenters. The second kappa shape index (κ2) is 9.92. The Morgan fingerprint density at radius 3 is 2.58 bits per heavy atom. The maximum atomic E-state index is 12.6. The smallest absolute Gasteiger partial charge is 0.237 e. The molecule has 6 N–H and O–H groups in total. The van der Waals surface area contributed by atoms with Crippen LogP contribution >= 0.6 is 23.5 Å². The van der Waals surface area contributed by atoms with E-state index in [4.69, 9.17) is 4.74 Å². The summed E-state index contributed by atoms with van der Waals surface area (Å²) in [7, 11) is 0. The first-order valence-electron chi connectivity index (χ1n) is 8.86. The summed E-state index contributed by atoms with van der Waals surface area (Å²) in [5.41, 5.74) is -0.758. The minimum Gasteiger partial charge on any atom is -0.391 e. The third-order valence-electron chi connectivity index (χ3n) is 4.83. The summed E-state index contributed by atoms with van der Waals surface area (Å²) in [6.45, 7) is 4.31. The standard InChI is InChI=1S/C16H30N2O6S2/c1-4-26-8-5-9(17-6-8)15(23)18-10(7(2)19)14-12(21)11(20)13(22)16(24-14)25-3/h7-14,16-17,19-22H,4-6H2,1-3H3,(H,18,23)/t7?,8-,9-,10+,11-,12+,13+,14+,16+/m0/s1. The summed E-state index contributed by atoms with van der Waals surface area (Å²) in [4.78, 5) is 12.6. The van der Waals surface area contributed by atoms with Crippen LogP contribution in [0.25, 0.3) is 0 Å². The molecule has 2 saturated heterocycles. The summed E-state index contributed by atoms with van der Waals surface area (Å²) in [5.74, 6) is 0.710. The highest BCUT2D eigenvalue weighted by Gasteiger charge is 2.48. The van der Waals surface area contributed by atoms with Crippen LogP contribution in [0.1, 0.15) is 20.3 Å². The van der Waals surface area contributed by atoms with Gasteiger partial charge in [0.15, 0.2) is 0 Å². The van der Waals surface area contributed by atoms with E-state index in [9.17, 15) is 25.2 Å². The molecule has 0 saturated carbocycles. The second-order valence-corrected chi connectivity index (χ2v) is 9.24. The third kappa shape index (κ3) is 5.05. The van der Waals surface area contributed by atoms with Crippen molar-refractivity contribution in [2.45, 2.75) is 73.6 Å². The summed E-state index contributed by atoms with van der Waals surface area (Å²) in [6.07, 6.45) is -3.72.